The van der Waals surface area contributed by atoms with Crippen molar-refractivity contribution in [2.75, 3.05) is 19.7 Å². The zero-order valence-electron chi connectivity index (χ0n) is 15.7. The lowest BCUT2D eigenvalue weighted by molar-refractivity contribution is 0.268. The fraction of sp³-hybridized carbons (Fsp3) is 0.524. The number of nitrogens with zero attached hydrogens (tertiary/aromatic N) is 2. The van der Waals surface area contributed by atoms with Gasteiger partial charge in [-0.3, -0.25) is 9.69 Å². The molecule has 0 bridgehead atoms. The largest absolute Gasteiger partial charge is 0.494 e. The summed E-state index contributed by atoms with van der Waals surface area (Å²) >= 11 is 0. The normalized spacial score (nSPS) is 16.8. The van der Waals surface area contributed by atoms with Crippen molar-refractivity contribution in [2.24, 2.45) is 0 Å². The predicted molar refractivity (Wildman–Crippen MR) is 102 cm³/mol. The molecule has 0 saturated carbocycles. The molecule has 0 fully saturated rings. The molecule has 0 saturated heterocycles. The zero-order valence-corrected chi connectivity index (χ0v) is 15.7. The molecule has 1 aromatic carbocycles. The van der Waals surface area contributed by atoms with E-state index < -0.39 is 0 Å². The number of fused-ring (bicyclic) bond motifs is 2. The summed E-state index contributed by atoms with van der Waals surface area (Å²) in [5, 5.41) is 0. The molecule has 26 heavy (non-hydrogen) atoms. The van der Waals surface area contributed by atoms with Crippen molar-refractivity contribution in [1.82, 2.24) is 14.9 Å². The number of ether oxygens (including phenoxy) is 1. The van der Waals surface area contributed by atoms with Crippen LogP contribution < -0.4 is 10.3 Å². The second-order valence-electron chi connectivity index (χ2n) is 7.37. The maximum atomic E-state index is 12.2. The third-order valence-corrected chi connectivity index (χ3v) is 5.53. The van der Waals surface area contributed by atoms with Crippen LogP contribution in [0.1, 0.15) is 47.1 Å². The monoisotopic (exact) mass is 353 g/mol. The van der Waals surface area contributed by atoms with Gasteiger partial charge in [-0.25, -0.2) is 4.98 Å². The van der Waals surface area contributed by atoms with E-state index in [2.05, 4.69) is 27.0 Å². The highest BCUT2D eigenvalue weighted by atomic mass is 16.5. The Morgan fingerprint density at radius 3 is 2.73 bits per heavy atom. The van der Waals surface area contributed by atoms with Crippen molar-refractivity contribution in [2.45, 2.75) is 52.5 Å². The lowest BCUT2D eigenvalue weighted by atomic mass is 10.0. The van der Waals surface area contributed by atoms with Gasteiger partial charge in [0, 0.05) is 37.2 Å². The quantitative estimate of drug-likeness (QED) is 0.918. The predicted octanol–water partition coefficient (Wildman–Crippen LogP) is 2.57. The standard InChI is InChI=1S/C21H27N3O2/c1-3-26-20-12-16-6-4-5-15(16)11-17(20)13-24-9-7-18-19(8-10-24)22-14(2)23-21(18)25/h11-12H,3-10,13H2,1-2H3,(H,22,23,25). The summed E-state index contributed by atoms with van der Waals surface area (Å²) < 4.78 is 5.94. The van der Waals surface area contributed by atoms with Crippen LogP contribution in [0.15, 0.2) is 16.9 Å². The van der Waals surface area contributed by atoms with Crippen molar-refractivity contribution < 1.29 is 4.74 Å². The summed E-state index contributed by atoms with van der Waals surface area (Å²) in [5.74, 6) is 1.74. The Kier molecular flexibility index (Phi) is 4.81. The average molecular weight is 353 g/mol. The minimum atomic E-state index is 0.0295. The number of aryl methyl sites for hydroxylation is 3. The Bertz CT molecular complexity index is 872. The zero-order chi connectivity index (χ0) is 18.1. The van der Waals surface area contributed by atoms with Gasteiger partial charge in [-0.1, -0.05) is 6.07 Å². The number of nitrogens with one attached hydrogen (secondary N) is 1. The Hall–Kier alpha value is -2.14. The Balaban J connectivity index is 1.55. The van der Waals surface area contributed by atoms with Crippen molar-refractivity contribution in [3.05, 3.63) is 56.3 Å². The van der Waals surface area contributed by atoms with Gasteiger partial charge in [0.15, 0.2) is 0 Å². The minimum absolute atomic E-state index is 0.0295. The van der Waals surface area contributed by atoms with Crippen molar-refractivity contribution in [3.8, 4) is 5.75 Å². The van der Waals surface area contributed by atoms with E-state index in [1.54, 1.807) is 0 Å². The van der Waals surface area contributed by atoms with E-state index in [1.807, 2.05) is 13.8 Å². The first-order chi connectivity index (χ1) is 12.6. The van der Waals surface area contributed by atoms with Crippen LogP contribution in [-0.2, 0) is 32.2 Å². The molecule has 138 valence electrons. The molecule has 1 N–H and O–H groups in total. The molecule has 0 radical (unpaired) electrons. The number of aromatic amines is 1. The van der Waals surface area contributed by atoms with Gasteiger partial charge in [0.05, 0.1) is 12.3 Å². The van der Waals surface area contributed by atoms with E-state index in [0.29, 0.717) is 12.4 Å². The second-order valence-corrected chi connectivity index (χ2v) is 7.37. The summed E-state index contributed by atoms with van der Waals surface area (Å²) in [5.41, 5.74) is 6.06. The lowest BCUT2D eigenvalue weighted by Crippen LogP contribution is -2.26. The van der Waals surface area contributed by atoms with Crippen molar-refractivity contribution >= 4 is 0 Å². The molecule has 1 aliphatic carbocycles. The van der Waals surface area contributed by atoms with Gasteiger partial charge in [0.25, 0.3) is 5.56 Å². The van der Waals surface area contributed by atoms with Crippen molar-refractivity contribution in [1.29, 1.82) is 0 Å². The molecule has 2 aromatic rings. The molecule has 2 heterocycles. The highest BCUT2D eigenvalue weighted by Crippen LogP contribution is 2.31. The average Bonchev–Trinajstić information content (AvgIpc) is 2.96. The highest BCUT2D eigenvalue weighted by Gasteiger charge is 2.21. The first-order valence-electron chi connectivity index (χ1n) is 9.72. The first kappa shape index (κ1) is 17.3. The van der Waals surface area contributed by atoms with Gasteiger partial charge in [0.1, 0.15) is 11.6 Å². The number of benzene rings is 1. The maximum Gasteiger partial charge on any atom is 0.254 e. The molecule has 4 rings (SSSR count). The van der Waals surface area contributed by atoms with Crippen LogP contribution in [-0.4, -0.2) is 34.6 Å². The van der Waals surface area contributed by atoms with E-state index in [4.69, 9.17) is 4.74 Å². The number of hydrogen-bond acceptors (Lipinski definition) is 4. The van der Waals surface area contributed by atoms with E-state index >= 15 is 0 Å². The van der Waals surface area contributed by atoms with E-state index in [0.717, 1.165) is 49.5 Å². The number of hydrogen-bond donors (Lipinski definition) is 1. The van der Waals surface area contributed by atoms with E-state index in [1.165, 1.54) is 36.0 Å². The molecule has 2 aliphatic rings. The van der Waals surface area contributed by atoms with Gasteiger partial charge >= 0.3 is 0 Å². The maximum absolute atomic E-state index is 12.2. The van der Waals surface area contributed by atoms with Crippen LogP contribution in [0.3, 0.4) is 0 Å². The van der Waals surface area contributed by atoms with Crippen molar-refractivity contribution in [3.63, 3.8) is 0 Å². The third-order valence-electron chi connectivity index (χ3n) is 5.53. The van der Waals surface area contributed by atoms with Gasteiger partial charge < -0.3 is 9.72 Å². The van der Waals surface area contributed by atoms with E-state index in [9.17, 15) is 4.79 Å². The lowest BCUT2D eigenvalue weighted by Gasteiger charge is -2.22. The topological polar surface area (TPSA) is 58.2 Å². The van der Waals surface area contributed by atoms with Gasteiger partial charge in [-0.05, 0) is 56.7 Å². The Morgan fingerprint density at radius 1 is 1.15 bits per heavy atom. The smallest absolute Gasteiger partial charge is 0.254 e. The first-order valence-corrected chi connectivity index (χ1v) is 9.72. The van der Waals surface area contributed by atoms with E-state index in [-0.39, 0.29) is 5.56 Å². The number of H-pyrrole nitrogens is 1. The third kappa shape index (κ3) is 3.40. The Morgan fingerprint density at radius 2 is 1.92 bits per heavy atom. The summed E-state index contributed by atoms with van der Waals surface area (Å²) in [6.07, 6.45) is 5.18. The SMILES string of the molecule is CCOc1cc2c(cc1CN1CCc3nc(C)[nH]c(=O)c3CC1)CCC2. The van der Waals surface area contributed by atoms with Crippen LogP contribution in [0.4, 0.5) is 0 Å². The fourth-order valence-electron chi connectivity index (χ4n) is 4.24. The molecule has 5 heteroatoms. The van der Waals surface area contributed by atoms with Crippen LogP contribution in [0, 0.1) is 6.92 Å². The second kappa shape index (κ2) is 7.23. The molecule has 0 spiro atoms. The Labute approximate surface area is 154 Å². The summed E-state index contributed by atoms with van der Waals surface area (Å²) in [7, 11) is 0. The minimum Gasteiger partial charge on any atom is -0.494 e. The van der Waals surface area contributed by atoms with Crippen LogP contribution in [0.25, 0.3) is 0 Å². The summed E-state index contributed by atoms with van der Waals surface area (Å²) in [6, 6.07) is 4.60. The highest BCUT2D eigenvalue weighted by molar-refractivity contribution is 5.45. The molecule has 0 amide bonds. The van der Waals surface area contributed by atoms with Gasteiger partial charge in [-0.2, -0.15) is 0 Å². The molecule has 1 aromatic heterocycles. The van der Waals surface area contributed by atoms with Gasteiger partial charge in [-0.15, -0.1) is 0 Å². The molecular weight excluding hydrogens is 326 g/mol. The van der Waals surface area contributed by atoms with Gasteiger partial charge in [0.2, 0.25) is 0 Å². The molecule has 0 unspecified atom stereocenters. The summed E-state index contributed by atoms with van der Waals surface area (Å²) in [4.78, 5) is 22.1. The molecule has 0 atom stereocenters. The molecule has 1 aliphatic heterocycles. The number of rotatable bonds is 4. The molecule has 5 nitrogen and oxygen atoms in total. The van der Waals surface area contributed by atoms with Crippen LogP contribution in [0.5, 0.6) is 5.75 Å². The molecular formula is C21H27N3O2. The fourth-order valence-corrected chi connectivity index (χ4v) is 4.24. The summed E-state index contributed by atoms with van der Waals surface area (Å²) in [6.45, 7) is 7.25. The van der Waals surface area contributed by atoms with Crippen LogP contribution >= 0.6 is 0 Å². The number of aromatic nitrogens is 2. The van der Waals surface area contributed by atoms with Crippen LogP contribution in [0.2, 0.25) is 0 Å².